The number of aliphatic carboxylic acids is 1. The first-order valence-electron chi connectivity index (χ1n) is 19.1. The Balaban J connectivity index is 2.88. The van der Waals surface area contributed by atoms with Gasteiger partial charge >= 0.3 is 5.97 Å². The number of benzene rings is 1. The molecule has 0 radical (unpaired) electrons. The summed E-state index contributed by atoms with van der Waals surface area (Å²) >= 11 is 0. The van der Waals surface area contributed by atoms with Crippen LogP contribution in [0.1, 0.15) is 63.9 Å². The molecular formula is C36H61N13O9. The van der Waals surface area contributed by atoms with Crippen LogP contribution < -0.4 is 65.9 Å². The molecule has 22 nitrogen and oxygen atoms in total. The first-order chi connectivity index (χ1) is 27.6. The Labute approximate surface area is 337 Å². The number of carbonyl (C=O) groups is 8. The highest BCUT2D eigenvalue weighted by atomic mass is 16.4. The molecule has 0 aromatic heterocycles. The van der Waals surface area contributed by atoms with E-state index >= 15 is 0 Å². The highest BCUT2D eigenvalue weighted by Crippen LogP contribution is 2.06. The van der Waals surface area contributed by atoms with E-state index in [0.29, 0.717) is 45.2 Å². The summed E-state index contributed by atoms with van der Waals surface area (Å²) in [5.74, 6) is -6.46. The molecular weight excluding hydrogens is 758 g/mol. The van der Waals surface area contributed by atoms with Crippen molar-refractivity contribution in [1.82, 2.24) is 37.2 Å². The first kappa shape index (κ1) is 50.1. The second-order valence-corrected chi connectivity index (χ2v) is 13.4. The smallest absolute Gasteiger partial charge is 0.322 e. The van der Waals surface area contributed by atoms with Gasteiger partial charge < -0.3 is 71.0 Å². The highest BCUT2D eigenvalue weighted by molar-refractivity contribution is 5.96. The van der Waals surface area contributed by atoms with Crippen molar-refractivity contribution in [3.63, 3.8) is 0 Å². The van der Waals surface area contributed by atoms with Crippen LogP contribution in [0, 0.1) is 0 Å². The van der Waals surface area contributed by atoms with E-state index in [9.17, 15) is 38.4 Å². The highest BCUT2D eigenvalue weighted by Gasteiger charge is 2.28. The van der Waals surface area contributed by atoms with Gasteiger partial charge in [-0.05, 0) is 70.5 Å². The molecule has 1 rings (SSSR count). The molecule has 22 heteroatoms. The van der Waals surface area contributed by atoms with Gasteiger partial charge in [-0.2, -0.15) is 0 Å². The number of nitrogens with one attached hydrogen (secondary N) is 7. The summed E-state index contributed by atoms with van der Waals surface area (Å²) in [4.78, 5) is 105. The zero-order valence-corrected chi connectivity index (χ0v) is 32.9. The average Bonchev–Trinajstić information content (AvgIpc) is 3.18. The van der Waals surface area contributed by atoms with Crippen LogP contribution in [-0.2, 0) is 44.8 Å². The van der Waals surface area contributed by atoms with E-state index in [1.165, 1.54) is 6.92 Å². The van der Waals surface area contributed by atoms with E-state index in [4.69, 9.17) is 33.8 Å². The zero-order chi connectivity index (χ0) is 43.5. The van der Waals surface area contributed by atoms with Crippen molar-refractivity contribution in [1.29, 1.82) is 0 Å². The second-order valence-electron chi connectivity index (χ2n) is 13.4. The number of unbranched alkanes of at least 4 members (excludes halogenated alkanes) is 2. The van der Waals surface area contributed by atoms with Crippen LogP contribution in [0.4, 0.5) is 0 Å². The van der Waals surface area contributed by atoms with Gasteiger partial charge in [-0.3, -0.25) is 43.3 Å². The molecule has 0 bridgehead atoms. The number of guanidine groups is 1. The third-order valence-corrected chi connectivity index (χ3v) is 8.43. The number of nitrogens with two attached hydrogens (primary N) is 5. The summed E-state index contributed by atoms with van der Waals surface area (Å²) in [5, 5.41) is 26.1. The molecule has 5 atom stereocenters. The Morgan fingerprint density at radius 2 is 1.17 bits per heavy atom. The fraction of sp³-hybridized carbons (Fsp3) is 0.583. The van der Waals surface area contributed by atoms with Crippen molar-refractivity contribution in [2.45, 2.75) is 94.9 Å². The Morgan fingerprint density at radius 1 is 0.621 bits per heavy atom. The number of carboxylic acid groups (broad SMARTS) is 1. The molecule has 324 valence electrons. The molecule has 58 heavy (non-hydrogen) atoms. The van der Waals surface area contributed by atoms with Gasteiger partial charge in [0, 0.05) is 13.0 Å². The minimum Gasteiger partial charge on any atom is -0.480 e. The van der Waals surface area contributed by atoms with Crippen LogP contribution in [0.5, 0.6) is 0 Å². The number of nitrogens with zero attached hydrogens (tertiary/aromatic N) is 1. The van der Waals surface area contributed by atoms with Gasteiger partial charge in [0.25, 0.3) is 0 Å². The van der Waals surface area contributed by atoms with Crippen LogP contribution in [0.25, 0.3) is 0 Å². The molecule has 0 unspecified atom stereocenters. The monoisotopic (exact) mass is 819 g/mol. The lowest BCUT2D eigenvalue weighted by Gasteiger charge is -2.23. The van der Waals surface area contributed by atoms with Crippen LogP contribution >= 0.6 is 0 Å². The van der Waals surface area contributed by atoms with Crippen molar-refractivity contribution >= 4 is 53.3 Å². The molecule has 1 aromatic carbocycles. The predicted molar refractivity (Wildman–Crippen MR) is 214 cm³/mol. The van der Waals surface area contributed by atoms with E-state index in [1.807, 2.05) is 0 Å². The minimum atomic E-state index is -1.28. The number of hydrogen-bond donors (Lipinski definition) is 13. The van der Waals surface area contributed by atoms with Gasteiger partial charge in [-0.1, -0.05) is 36.8 Å². The average molecular weight is 820 g/mol. The summed E-state index contributed by atoms with van der Waals surface area (Å²) in [6.07, 6.45) is 3.19. The summed E-state index contributed by atoms with van der Waals surface area (Å²) in [6.45, 7) is 0.437. The van der Waals surface area contributed by atoms with Crippen molar-refractivity contribution in [3.05, 3.63) is 35.9 Å². The van der Waals surface area contributed by atoms with Gasteiger partial charge in [-0.25, -0.2) is 0 Å². The zero-order valence-electron chi connectivity index (χ0n) is 32.9. The number of aliphatic imine (C=N–C) groups is 1. The van der Waals surface area contributed by atoms with Crippen molar-refractivity contribution in [2.24, 2.45) is 33.7 Å². The summed E-state index contributed by atoms with van der Waals surface area (Å²) in [5.41, 5.74) is 28.5. The number of carbonyl (C=O) groups excluding carboxylic acids is 7. The lowest BCUT2D eigenvalue weighted by Crippen LogP contribution is -2.56. The SMILES string of the molecule is C[C@H](NC(=O)[C@H](CCCN=C(N)N)NC(=O)CNC(=O)CNC(=O)[C@H](Cc1ccccc1)NC(=O)[C@@H](N)CCCCN)C(=O)N[C@@H](CCCCN)C(=O)NCC(=O)O. The molecule has 0 aliphatic carbocycles. The lowest BCUT2D eigenvalue weighted by molar-refractivity contribution is -0.138. The molecule has 0 heterocycles. The summed E-state index contributed by atoms with van der Waals surface area (Å²) < 4.78 is 0. The van der Waals surface area contributed by atoms with Gasteiger partial charge in [-0.15, -0.1) is 0 Å². The van der Waals surface area contributed by atoms with E-state index in [2.05, 4.69) is 42.2 Å². The largest absolute Gasteiger partial charge is 0.480 e. The van der Waals surface area contributed by atoms with Gasteiger partial charge in [0.2, 0.25) is 41.4 Å². The number of rotatable bonds is 29. The fourth-order valence-corrected chi connectivity index (χ4v) is 5.25. The topological polar surface area (TPSA) is 383 Å². The summed E-state index contributed by atoms with van der Waals surface area (Å²) in [7, 11) is 0. The maximum Gasteiger partial charge on any atom is 0.322 e. The first-order valence-corrected chi connectivity index (χ1v) is 19.1. The number of amides is 7. The predicted octanol–water partition coefficient (Wildman–Crippen LogP) is -4.74. The third kappa shape index (κ3) is 22.0. The van der Waals surface area contributed by atoms with Crippen molar-refractivity contribution in [2.75, 3.05) is 39.3 Å². The van der Waals surface area contributed by atoms with E-state index < -0.39 is 97.2 Å². The van der Waals surface area contributed by atoms with Gasteiger partial charge in [0.05, 0.1) is 19.1 Å². The van der Waals surface area contributed by atoms with Crippen LogP contribution in [0.15, 0.2) is 35.3 Å². The maximum absolute atomic E-state index is 13.3. The molecule has 0 aliphatic rings. The second kappa shape index (κ2) is 28.5. The Kier molecular flexibility index (Phi) is 24.7. The Hall–Kier alpha value is -5.87. The quantitative estimate of drug-likeness (QED) is 0.0205. The molecule has 0 spiro atoms. The van der Waals surface area contributed by atoms with Crippen LogP contribution in [0.3, 0.4) is 0 Å². The molecule has 7 amide bonds. The molecule has 0 saturated carbocycles. The van der Waals surface area contributed by atoms with E-state index in [0.717, 1.165) is 5.56 Å². The third-order valence-electron chi connectivity index (χ3n) is 8.43. The van der Waals surface area contributed by atoms with Crippen LogP contribution in [-0.4, -0.2) is 128 Å². The molecule has 0 aliphatic heterocycles. The molecule has 0 saturated heterocycles. The minimum absolute atomic E-state index is 0.0111. The van der Waals surface area contributed by atoms with Gasteiger partial charge in [0.1, 0.15) is 30.7 Å². The Bertz CT molecular complexity index is 1530. The fourth-order valence-electron chi connectivity index (χ4n) is 5.25. The number of carboxylic acids is 1. The maximum atomic E-state index is 13.3. The number of hydrogen-bond acceptors (Lipinski definition) is 12. The summed E-state index contributed by atoms with van der Waals surface area (Å²) in [6, 6.07) is 3.42. The van der Waals surface area contributed by atoms with E-state index in [-0.39, 0.29) is 38.2 Å². The molecule has 0 fully saturated rings. The van der Waals surface area contributed by atoms with Gasteiger partial charge in [0.15, 0.2) is 5.96 Å². The van der Waals surface area contributed by atoms with Crippen molar-refractivity contribution in [3.8, 4) is 0 Å². The van der Waals surface area contributed by atoms with Crippen molar-refractivity contribution < 1.29 is 43.5 Å². The molecule has 18 N–H and O–H groups in total. The molecule has 1 aromatic rings. The normalized spacial score (nSPS) is 13.2. The standard InChI is InChI=1S/C36H61N13O9/c1-22(31(54)48-25(13-6-8-16-38)33(56)45-21-30(52)53)46-35(58)26(14-9-17-42-36(40)41)47-29(51)20-43-28(50)19-44-34(57)27(18-23-10-3-2-4-11-23)49-32(55)24(39)12-5-7-15-37/h2-4,10-11,22,24-27H,5-9,12-21,37-39H2,1H3,(H,43,50)(H,44,57)(H,45,56)(H,46,58)(H,47,51)(H,48,54)(H,49,55)(H,52,53)(H4,40,41,42)/t22-,24-,25-,26-,27-/m0/s1. The lowest BCUT2D eigenvalue weighted by atomic mass is 10.0. The van der Waals surface area contributed by atoms with Crippen LogP contribution in [0.2, 0.25) is 0 Å². The Morgan fingerprint density at radius 3 is 1.79 bits per heavy atom. The van der Waals surface area contributed by atoms with E-state index in [1.54, 1.807) is 30.3 Å².